The molecule has 4 rings (SSSR count). The molecule has 2 N–H and O–H groups in total. The van der Waals surface area contributed by atoms with Gasteiger partial charge in [-0.25, -0.2) is 0 Å². The summed E-state index contributed by atoms with van der Waals surface area (Å²) in [6.07, 6.45) is 1.78. The number of rotatable bonds is 6. The summed E-state index contributed by atoms with van der Waals surface area (Å²) in [5.41, 5.74) is 3.57. The van der Waals surface area contributed by atoms with Crippen LogP contribution < -0.4 is 5.32 Å². The number of amides is 2. The number of piperazine rings is 1. The van der Waals surface area contributed by atoms with E-state index in [-0.39, 0.29) is 17.9 Å². The number of hydrogen-bond acceptors (Lipinski definition) is 4. The number of aromatic amines is 1. The number of nitrogens with one attached hydrogen (secondary N) is 2. The summed E-state index contributed by atoms with van der Waals surface area (Å²) in [5, 5.41) is 10.7. The van der Waals surface area contributed by atoms with Gasteiger partial charge in [0, 0.05) is 24.3 Å². The Morgan fingerprint density at radius 3 is 2.40 bits per heavy atom. The second-order valence-corrected chi connectivity index (χ2v) is 10.2. The lowest BCUT2D eigenvalue weighted by atomic mass is 9.80. The summed E-state index contributed by atoms with van der Waals surface area (Å²) in [5.74, 6) is 6.25. The molecular weight excluding hydrogens is 438 g/mol. The standard InChI is InChI=1S/C28H37N5O2/c1-6-7-15-33-26(34)23(18-19(2)3)29-27(35)28(33)13-16-32(17-14-28)25(22-11-9-8-10-12-22)24-20(4)30-31-21(24)5/h8-12,19,23,25H,13-18H2,1-5H3,(H,29,35)(H,30,31). The van der Waals surface area contributed by atoms with Crippen LogP contribution in [0.4, 0.5) is 0 Å². The Hall–Kier alpha value is -3.11. The van der Waals surface area contributed by atoms with Gasteiger partial charge in [0.2, 0.25) is 11.8 Å². The molecule has 0 radical (unpaired) electrons. The predicted molar refractivity (Wildman–Crippen MR) is 136 cm³/mol. The molecule has 1 spiro atoms. The largest absolute Gasteiger partial charge is 0.342 e. The zero-order chi connectivity index (χ0) is 25.2. The number of nitrogens with zero attached hydrogens (tertiary/aromatic N) is 3. The van der Waals surface area contributed by atoms with Gasteiger partial charge in [0.25, 0.3) is 0 Å². The second-order valence-electron chi connectivity index (χ2n) is 10.2. The zero-order valence-electron chi connectivity index (χ0n) is 21.5. The van der Waals surface area contributed by atoms with E-state index in [1.165, 1.54) is 11.1 Å². The minimum absolute atomic E-state index is 0.00404. The van der Waals surface area contributed by atoms with Crippen LogP contribution in [-0.2, 0) is 9.59 Å². The number of benzene rings is 1. The van der Waals surface area contributed by atoms with E-state index >= 15 is 0 Å². The number of aromatic nitrogens is 2. The third-order valence-electron chi connectivity index (χ3n) is 7.49. The number of carbonyl (C=O) groups is 2. The molecule has 3 heterocycles. The van der Waals surface area contributed by atoms with Gasteiger partial charge in [0.05, 0.1) is 18.3 Å². The third kappa shape index (κ3) is 4.72. The maximum Gasteiger partial charge on any atom is 0.246 e. The van der Waals surface area contributed by atoms with E-state index in [1.807, 2.05) is 13.0 Å². The second kappa shape index (κ2) is 10.2. The molecule has 0 aliphatic carbocycles. The van der Waals surface area contributed by atoms with E-state index in [0.717, 1.165) is 11.4 Å². The molecule has 2 fully saturated rings. The van der Waals surface area contributed by atoms with Crippen LogP contribution in [-0.4, -0.2) is 63.0 Å². The Morgan fingerprint density at radius 1 is 1.14 bits per heavy atom. The van der Waals surface area contributed by atoms with Crippen molar-refractivity contribution in [2.45, 2.75) is 71.5 Å². The lowest BCUT2D eigenvalue weighted by molar-refractivity contribution is -0.160. The number of likely N-dealkylation sites (tertiary alicyclic amines) is 1. The van der Waals surface area contributed by atoms with Crippen molar-refractivity contribution in [3.8, 4) is 11.8 Å². The van der Waals surface area contributed by atoms with Gasteiger partial charge in [-0.1, -0.05) is 50.1 Å². The Balaban J connectivity index is 1.64. The van der Waals surface area contributed by atoms with Crippen LogP contribution in [0.15, 0.2) is 30.3 Å². The van der Waals surface area contributed by atoms with Gasteiger partial charge in [-0.2, -0.15) is 5.10 Å². The molecule has 7 nitrogen and oxygen atoms in total. The lowest BCUT2D eigenvalue weighted by Crippen LogP contribution is -2.73. The lowest BCUT2D eigenvalue weighted by Gasteiger charge is -2.52. The molecule has 2 atom stereocenters. The molecule has 7 heteroatoms. The summed E-state index contributed by atoms with van der Waals surface area (Å²) < 4.78 is 0. The minimum atomic E-state index is -0.855. The van der Waals surface area contributed by atoms with Crippen molar-refractivity contribution in [3.63, 3.8) is 0 Å². The number of aryl methyl sites for hydroxylation is 2. The average molecular weight is 476 g/mol. The number of carbonyl (C=O) groups excluding carboxylic acids is 2. The summed E-state index contributed by atoms with van der Waals surface area (Å²) in [7, 11) is 0. The van der Waals surface area contributed by atoms with E-state index in [9.17, 15) is 9.59 Å². The van der Waals surface area contributed by atoms with Gasteiger partial charge in [0.1, 0.15) is 11.6 Å². The van der Waals surface area contributed by atoms with Crippen molar-refractivity contribution < 1.29 is 9.59 Å². The average Bonchev–Trinajstić information content (AvgIpc) is 3.17. The molecule has 2 unspecified atom stereocenters. The molecule has 2 aliphatic heterocycles. The fourth-order valence-electron chi connectivity index (χ4n) is 5.70. The van der Waals surface area contributed by atoms with Crippen LogP contribution in [0.1, 0.15) is 68.6 Å². The van der Waals surface area contributed by atoms with Crippen molar-refractivity contribution in [2.24, 2.45) is 5.92 Å². The van der Waals surface area contributed by atoms with Gasteiger partial charge >= 0.3 is 0 Å². The van der Waals surface area contributed by atoms with E-state index in [4.69, 9.17) is 0 Å². The van der Waals surface area contributed by atoms with Gasteiger partial charge in [-0.05, 0) is 51.5 Å². The fourth-order valence-corrected chi connectivity index (χ4v) is 5.70. The first-order valence-corrected chi connectivity index (χ1v) is 12.6. The van der Waals surface area contributed by atoms with Gasteiger partial charge in [0.15, 0.2) is 0 Å². The van der Waals surface area contributed by atoms with Crippen molar-refractivity contribution in [1.29, 1.82) is 0 Å². The Labute approximate surface area is 208 Å². The Morgan fingerprint density at radius 2 is 1.83 bits per heavy atom. The van der Waals surface area contributed by atoms with E-state index in [1.54, 1.807) is 11.8 Å². The fraction of sp³-hybridized carbons (Fsp3) is 0.536. The van der Waals surface area contributed by atoms with Crippen LogP contribution in [0, 0.1) is 31.6 Å². The van der Waals surface area contributed by atoms with Crippen LogP contribution in [0.2, 0.25) is 0 Å². The molecule has 0 saturated carbocycles. The van der Waals surface area contributed by atoms with Crippen LogP contribution in [0.3, 0.4) is 0 Å². The van der Waals surface area contributed by atoms with Gasteiger partial charge < -0.3 is 10.2 Å². The molecule has 1 aromatic carbocycles. The molecule has 2 saturated heterocycles. The predicted octanol–water partition coefficient (Wildman–Crippen LogP) is 3.35. The van der Waals surface area contributed by atoms with Crippen LogP contribution in [0.25, 0.3) is 0 Å². The monoisotopic (exact) mass is 475 g/mol. The highest BCUT2D eigenvalue weighted by Gasteiger charge is 2.54. The quantitative estimate of drug-likeness (QED) is 0.628. The summed E-state index contributed by atoms with van der Waals surface area (Å²) in [4.78, 5) is 31.3. The molecule has 0 bridgehead atoms. The third-order valence-corrected chi connectivity index (χ3v) is 7.49. The first-order valence-electron chi connectivity index (χ1n) is 12.6. The molecule has 1 aromatic heterocycles. The minimum Gasteiger partial charge on any atom is -0.342 e. The number of hydrogen-bond donors (Lipinski definition) is 2. The maximum atomic E-state index is 13.6. The molecule has 35 heavy (non-hydrogen) atoms. The molecule has 2 aliphatic rings. The first-order chi connectivity index (χ1) is 16.8. The highest BCUT2D eigenvalue weighted by Crippen LogP contribution is 2.39. The normalized spacial score (nSPS) is 21.1. The van der Waals surface area contributed by atoms with E-state index in [2.05, 4.69) is 77.3 Å². The number of piperidine rings is 1. The van der Waals surface area contributed by atoms with Crippen LogP contribution >= 0.6 is 0 Å². The maximum absolute atomic E-state index is 13.6. The van der Waals surface area contributed by atoms with Gasteiger partial charge in [-0.15, -0.1) is 5.92 Å². The highest BCUT2D eigenvalue weighted by atomic mass is 16.2. The van der Waals surface area contributed by atoms with Crippen molar-refractivity contribution in [3.05, 3.63) is 52.8 Å². The van der Waals surface area contributed by atoms with Crippen molar-refractivity contribution in [2.75, 3.05) is 19.6 Å². The molecule has 2 amide bonds. The van der Waals surface area contributed by atoms with Gasteiger partial charge in [-0.3, -0.25) is 19.6 Å². The topological polar surface area (TPSA) is 81.3 Å². The summed E-state index contributed by atoms with van der Waals surface area (Å²) in [6.45, 7) is 11.7. The molecule has 186 valence electrons. The number of H-pyrrole nitrogens is 1. The Bertz CT molecular complexity index is 1100. The molecular formula is C28H37N5O2. The van der Waals surface area contributed by atoms with Crippen LogP contribution in [0.5, 0.6) is 0 Å². The van der Waals surface area contributed by atoms with Crippen molar-refractivity contribution in [1.82, 2.24) is 25.3 Å². The Kier molecular flexibility index (Phi) is 7.32. The smallest absolute Gasteiger partial charge is 0.246 e. The van der Waals surface area contributed by atoms with Crippen molar-refractivity contribution >= 4 is 11.8 Å². The summed E-state index contributed by atoms with van der Waals surface area (Å²) >= 11 is 0. The first kappa shape index (κ1) is 25.0. The van der Waals surface area contributed by atoms with E-state index < -0.39 is 11.6 Å². The highest BCUT2D eigenvalue weighted by molar-refractivity contribution is 6.00. The van der Waals surface area contributed by atoms with E-state index in [0.29, 0.717) is 44.8 Å². The molecule has 2 aromatic rings. The zero-order valence-corrected chi connectivity index (χ0v) is 21.5. The SMILES string of the molecule is CC#CCN1C(=O)C(CC(C)C)NC(=O)C12CCN(C(c1ccccc1)c1c(C)n[nH]c1C)CC2. The summed E-state index contributed by atoms with van der Waals surface area (Å²) in [6, 6.07) is 10.0.